The minimum Gasteiger partial charge on any atom is -0.550 e. The van der Waals surface area contributed by atoms with Gasteiger partial charge in [-0.15, -0.1) is 0 Å². The zero-order chi connectivity index (χ0) is 21.0. The maximum atomic E-state index is 12.5. The van der Waals surface area contributed by atoms with Crippen LogP contribution in [0.2, 0.25) is 0 Å². The Labute approximate surface area is 169 Å². The van der Waals surface area contributed by atoms with E-state index in [-0.39, 0.29) is 11.3 Å². The normalized spacial score (nSPS) is 18.8. The number of aryl methyl sites for hydroxylation is 1. The predicted octanol–water partition coefficient (Wildman–Crippen LogP) is 2.07. The van der Waals surface area contributed by atoms with Crippen molar-refractivity contribution < 1.29 is 23.1 Å². The third-order valence-electron chi connectivity index (χ3n) is 4.81. The SMILES string of the molecule is Cc1ccc(S(=O)(=O)Nc2ccc(NC(=O)[C@H]3CC=CC[C@H]3C(=O)[O-])cc2)cc1. The number of anilines is 2. The van der Waals surface area contributed by atoms with Crippen molar-refractivity contribution in [2.75, 3.05) is 10.0 Å². The van der Waals surface area contributed by atoms with Gasteiger partial charge in [-0.3, -0.25) is 9.52 Å². The first-order valence-electron chi connectivity index (χ1n) is 9.12. The van der Waals surface area contributed by atoms with E-state index in [2.05, 4.69) is 10.0 Å². The molecule has 1 aliphatic rings. The number of amides is 1. The van der Waals surface area contributed by atoms with Crippen LogP contribution in [0.5, 0.6) is 0 Å². The van der Waals surface area contributed by atoms with Crippen LogP contribution in [-0.2, 0) is 19.6 Å². The van der Waals surface area contributed by atoms with Crippen LogP contribution in [0, 0.1) is 18.8 Å². The summed E-state index contributed by atoms with van der Waals surface area (Å²) in [4.78, 5) is 23.9. The minimum absolute atomic E-state index is 0.152. The summed E-state index contributed by atoms with van der Waals surface area (Å²) in [6.07, 6.45) is 4.12. The van der Waals surface area contributed by atoms with E-state index in [1.165, 1.54) is 24.3 Å². The second-order valence-electron chi connectivity index (χ2n) is 6.96. The Hall–Kier alpha value is -3.13. The number of aliphatic carboxylic acids is 1. The summed E-state index contributed by atoms with van der Waals surface area (Å²) in [5, 5.41) is 13.9. The average molecular weight is 413 g/mol. The lowest BCUT2D eigenvalue weighted by atomic mass is 9.82. The van der Waals surface area contributed by atoms with Gasteiger partial charge in [0.2, 0.25) is 5.91 Å². The van der Waals surface area contributed by atoms with Crippen LogP contribution >= 0.6 is 0 Å². The molecule has 0 fully saturated rings. The molecule has 0 aromatic heterocycles. The molecule has 0 spiro atoms. The Morgan fingerprint density at radius 3 is 2.03 bits per heavy atom. The minimum atomic E-state index is -3.72. The molecule has 0 heterocycles. The molecule has 2 aromatic carbocycles. The van der Waals surface area contributed by atoms with Crippen molar-refractivity contribution in [3.63, 3.8) is 0 Å². The molecule has 0 aliphatic heterocycles. The second kappa shape index (κ2) is 8.48. The molecule has 2 atom stereocenters. The molecule has 152 valence electrons. The maximum absolute atomic E-state index is 12.5. The molecule has 1 aliphatic carbocycles. The van der Waals surface area contributed by atoms with Crippen LogP contribution in [0.25, 0.3) is 0 Å². The number of carboxylic acid groups (broad SMARTS) is 1. The fourth-order valence-corrected chi connectivity index (χ4v) is 4.21. The molecule has 8 heteroatoms. The van der Waals surface area contributed by atoms with E-state index in [1.54, 1.807) is 36.4 Å². The number of carboxylic acids is 1. The van der Waals surface area contributed by atoms with Crippen LogP contribution < -0.4 is 15.1 Å². The molecule has 2 N–H and O–H groups in total. The fourth-order valence-electron chi connectivity index (χ4n) is 3.15. The number of benzene rings is 2. The highest BCUT2D eigenvalue weighted by Gasteiger charge is 2.29. The van der Waals surface area contributed by atoms with Gasteiger partial charge >= 0.3 is 0 Å². The fraction of sp³-hybridized carbons (Fsp3) is 0.238. The smallest absolute Gasteiger partial charge is 0.261 e. The monoisotopic (exact) mass is 413 g/mol. The lowest BCUT2D eigenvalue weighted by Crippen LogP contribution is -2.41. The summed E-state index contributed by atoms with van der Waals surface area (Å²) in [5.41, 5.74) is 1.75. The molecular formula is C21H21N2O5S-. The number of hydrogen-bond acceptors (Lipinski definition) is 5. The Balaban J connectivity index is 1.67. The van der Waals surface area contributed by atoms with Crippen molar-refractivity contribution in [2.45, 2.75) is 24.7 Å². The number of carbonyl (C=O) groups excluding carboxylic acids is 2. The van der Waals surface area contributed by atoms with E-state index >= 15 is 0 Å². The Morgan fingerprint density at radius 2 is 1.45 bits per heavy atom. The van der Waals surface area contributed by atoms with Crippen LogP contribution in [-0.4, -0.2) is 20.3 Å². The first-order valence-corrected chi connectivity index (χ1v) is 10.6. The lowest BCUT2D eigenvalue weighted by Gasteiger charge is -2.28. The van der Waals surface area contributed by atoms with Crippen molar-refractivity contribution in [3.05, 3.63) is 66.2 Å². The van der Waals surface area contributed by atoms with Gasteiger partial charge in [0.1, 0.15) is 0 Å². The Bertz CT molecular complexity index is 1030. The number of allylic oxidation sites excluding steroid dienone is 2. The summed E-state index contributed by atoms with van der Waals surface area (Å²) < 4.78 is 27.4. The quantitative estimate of drug-likeness (QED) is 0.704. The van der Waals surface area contributed by atoms with Gasteiger partial charge in [-0.1, -0.05) is 29.8 Å². The van der Waals surface area contributed by atoms with Gasteiger partial charge in [0.05, 0.1) is 10.8 Å². The van der Waals surface area contributed by atoms with Gasteiger partial charge in [-0.25, -0.2) is 8.42 Å². The topological polar surface area (TPSA) is 115 Å². The van der Waals surface area contributed by atoms with Crippen LogP contribution in [0.3, 0.4) is 0 Å². The third-order valence-corrected chi connectivity index (χ3v) is 6.21. The molecule has 2 aromatic rings. The van der Waals surface area contributed by atoms with E-state index in [0.29, 0.717) is 17.8 Å². The molecule has 0 saturated carbocycles. The highest BCUT2D eigenvalue weighted by Crippen LogP contribution is 2.27. The Kier molecular flexibility index (Phi) is 6.03. The first kappa shape index (κ1) is 20.6. The lowest BCUT2D eigenvalue weighted by molar-refractivity contribution is -0.313. The van der Waals surface area contributed by atoms with Gasteiger partial charge < -0.3 is 15.2 Å². The summed E-state index contributed by atoms with van der Waals surface area (Å²) in [7, 11) is -3.72. The number of sulfonamides is 1. The van der Waals surface area contributed by atoms with Crippen LogP contribution in [0.4, 0.5) is 11.4 Å². The number of nitrogens with one attached hydrogen (secondary N) is 2. The predicted molar refractivity (Wildman–Crippen MR) is 107 cm³/mol. The largest absolute Gasteiger partial charge is 0.550 e. The van der Waals surface area contributed by atoms with E-state index in [4.69, 9.17) is 0 Å². The molecular weight excluding hydrogens is 392 g/mol. The van der Waals surface area contributed by atoms with Crippen LogP contribution in [0.15, 0.2) is 65.6 Å². The van der Waals surface area contributed by atoms with Gasteiger partial charge in [-0.05, 0) is 56.2 Å². The van der Waals surface area contributed by atoms with Gasteiger partial charge in [0.15, 0.2) is 0 Å². The zero-order valence-electron chi connectivity index (χ0n) is 15.8. The molecule has 0 unspecified atom stereocenters. The second-order valence-corrected chi connectivity index (χ2v) is 8.64. The van der Waals surface area contributed by atoms with Gasteiger partial charge in [-0.2, -0.15) is 0 Å². The van der Waals surface area contributed by atoms with Crippen molar-refractivity contribution in [2.24, 2.45) is 11.8 Å². The van der Waals surface area contributed by atoms with E-state index in [9.17, 15) is 23.1 Å². The standard InChI is InChI=1S/C21H22N2O5S/c1-14-6-12-17(13-7-14)29(27,28)23-16-10-8-15(9-11-16)22-20(24)18-4-2-3-5-19(18)21(25)26/h2-3,6-13,18-19,23H,4-5H2,1H3,(H,22,24)(H,25,26)/p-1/t18-,19+/m0/s1. The van der Waals surface area contributed by atoms with Crippen molar-refractivity contribution in [1.82, 2.24) is 0 Å². The summed E-state index contributed by atoms with van der Waals surface area (Å²) in [6, 6.07) is 12.6. The summed E-state index contributed by atoms with van der Waals surface area (Å²) >= 11 is 0. The highest BCUT2D eigenvalue weighted by atomic mass is 32.2. The Morgan fingerprint density at radius 1 is 0.897 bits per heavy atom. The molecule has 7 nitrogen and oxygen atoms in total. The maximum Gasteiger partial charge on any atom is 0.261 e. The highest BCUT2D eigenvalue weighted by molar-refractivity contribution is 7.92. The summed E-state index contributed by atoms with van der Waals surface area (Å²) in [6.45, 7) is 1.87. The average Bonchev–Trinajstić information content (AvgIpc) is 2.69. The van der Waals surface area contributed by atoms with Crippen LogP contribution in [0.1, 0.15) is 18.4 Å². The van der Waals surface area contributed by atoms with E-state index in [0.717, 1.165) is 5.56 Å². The van der Waals surface area contributed by atoms with Crippen molar-refractivity contribution >= 4 is 33.3 Å². The first-order chi connectivity index (χ1) is 13.8. The van der Waals surface area contributed by atoms with Crippen molar-refractivity contribution in [1.29, 1.82) is 0 Å². The molecule has 29 heavy (non-hydrogen) atoms. The zero-order valence-corrected chi connectivity index (χ0v) is 16.6. The number of rotatable bonds is 6. The summed E-state index contributed by atoms with van der Waals surface area (Å²) in [5.74, 6) is -3.21. The van der Waals surface area contributed by atoms with Gasteiger partial charge in [0.25, 0.3) is 10.0 Å². The number of hydrogen-bond donors (Lipinski definition) is 2. The van der Waals surface area contributed by atoms with Crippen molar-refractivity contribution in [3.8, 4) is 0 Å². The molecule has 1 amide bonds. The number of carbonyl (C=O) groups is 2. The third kappa shape index (κ3) is 5.03. The molecule has 0 bridgehead atoms. The molecule has 0 saturated heterocycles. The molecule has 3 rings (SSSR count). The van der Waals surface area contributed by atoms with Gasteiger partial charge in [0, 0.05) is 23.3 Å². The van der Waals surface area contributed by atoms with E-state index in [1.807, 2.05) is 6.92 Å². The molecule has 0 radical (unpaired) electrons. The van der Waals surface area contributed by atoms with E-state index < -0.39 is 33.7 Å².